The summed E-state index contributed by atoms with van der Waals surface area (Å²) in [6.07, 6.45) is 0. The van der Waals surface area contributed by atoms with Crippen molar-refractivity contribution in [3.05, 3.63) is 68.7 Å². The average molecular weight is 320 g/mol. The van der Waals surface area contributed by atoms with E-state index >= 15 is 0 Å². The number of aryl methyl sites for hydroxylation is 1. The van der Waals surface area contributed by atoms with Gasteiger partial charge in [0.05, 0.1) is 16.6 Å². The summed E-state index contributed by atoms with van der Waals surface area (Å²) >= 11 is 12.2. The number of amides is 1. The lowest BCUT2D eigenvalue weighted by atomic mass is 10.1. The first-order valence-electron chi connectivity index (χ1n) is 6.83. The fourth-order valence-electron chi connectivity index (χ4n) is 2.81. The molecule has 0 saturated carbocycles. The molecule has 0 saturated heterocycles. The minimum Gasteiger partial charge on any atom is -0.327 e. The fraction of sp³-hybridized carbons (Fsp3) is 0.235. The van der Waals surface area contributed by atoms with Crippen LogP contribution < -0.4 is 0 Å². The van der Waals surface area contributed by atoms with Gasteiger partial charge < -0.3 is 4.90 Å². The Kier molecular flexibility index (Phi) is 3.68. The summed E-state index contributed by atoms with van der Waals surface area (Å²) in [6.45, 7) is 4.61. The molecule has 0 aliphatic carbocycles. The molecule has 1 heterocycles. The topological polar surface area (TPSA) is 20.3 Å². The van der Waals surface area contributed by atoms with Crippen molar-refractivity contribution < 1.29 is 4.79 Å². The summed E-state index contributed by atoms with van der Waals surface area (Å²) in [7, 11) is 0. The van der Waals surface area contributed by atoms with Crippen LogP contribution >= 0.6 is 23.2 Å². The third-order valence-corrected chi connectivity index (χ3v) is 4.50. The Balaban J connectivity index is 1.94. The van der Waals surface area contributed by atoms with E-state index in [9.17, 15) is 4.79 Å². The maximum absolute atomic E-state index is 12.6. The Morgan fingerprint density at radius 2 is 1.81 bits per heavy atom. The first kappa shape index (κ1) is 14.4. The van der Waals surface area contributed by atoms with Gasteiger partial charge in [-0.3, -0.25) is 4.79 Å². The smallest absolute Gasteiger partial charge is 0.256 e. The van der Waals surface area contributed by atoms with Crippen LogP contribution in [0.1, 0.15) is 40.0 Å². The second-order valence-electron chi connectivity index (χ2n) is 5.44. The van der Waals surface area contributed by atoms with Crippen molar-refractivity contribution in [1.82, 2.24) is 4.90 Å². The molecular weight excluding hydrogens is 305 g/mol. The van der Waals surface area contributed by atoms with Crippen molar-refractivity contribution in [3.8, 4) is 0 Å². The van der Waals surface area contributed by atoms with Crippen LogP contribution in [0.4, 0.5) is 0 Å². The molecule has 2 aromatic rings. The van der Waals surface area contributed by atoms with E-state index in [4.69, 9.17) is 23.2 Å². The molecule has 1 aliphatic rings. The number of nitrogens with zero attached hydrogens (tertiary/aromatic N) is 1. The first-order chi connectivity index (χ1) is 9.97. The minimum absolute atomic E-state index is 0.00236. The predicted molar refractivity (Wildman–Crippen MR) is 85.9 cm³/mol. The largest absolute Gasteiger partial charge is 0.327 e. The van der Waals surface area contributed by atoms with Gasteiger partial charge in [-0.1, -0.05) is 41.4 Å². The molecule has 4 heteroatoms. The number of fused-ring (bicyclic) bond motifs is 1. The lowest BCUT2D eigenvalue weighted by Crippen LogP contribution is -2.27. The molecule has 0 fully saturated rings. The normalized spacial score (nSPS) is 15.2. The standard InChI is InChI=1S/C17H15Cl2NO/c1-10-7-13-9-20(17(21)16(13)15(19)8-10)11(2)12-3-5-14(18)6-4-12/h3-8,11H,9H2,1-2H3/t11-/m0/s1. The van der Waals surface area contributed by atoms with E-state index in [1.165, 1.54) is 0 Å². The molecule has 1 atom stereocenters. The van der Waals surface area contributed by atoms with E-state index in [-0.39, 0.29) is 11.9 Å². The van der Waals surface area contributed by atoms with Crippen molar-refractivity contribution in [2.75, 3.05) is 0 Å². The van der Waals surface area contributed by atoms with Crippen molar-refractivity contribution in [2.45, 2.75) is 26.4 Å². The fourth-order valence-corrected chi connectivity index (χ4v) is 3.31. The molecule has 0 aromatic heterocycles. The molecule has 0 spiro atoms. The summed E-state index contributed by atoms with van der Waals surface area (Å²) in [5, 5.41) is 1.24. The summed E-state index contributed by atoms with van der Waals surface area (Å²) in [4.78, 5) is 14.5. The third kappa shape index (κ3) is 2.54. The Labute approximate surface area is 134 Å². The monoisotopic (exact) mass is 319 g/mol. The van der Waals surface area contributed by atoms with Crippen molar-refractivity contribution >= 4 is 29.1 Å². The van der Waals surface area contributed by atoms with Gasteiger partial charge in [-0.25, -0.2) is 0 Å². The zero-order valence-electron chi connectivity index (χ0n) is 11.9. The molecule has 0 radical (unpaired) electrons. The van der Waals surface area contributed by atoms with E-state index in [1.54, 1.807) is 0 Å². The Morgan fingerprint density at radius 3 is 2.48 bits per heavy atom. The quantitative estimate of drug-likeness (QED) is 0.761. The summed E-state index contributed by atoms with van der Waals surface area (Å²) in [6, 6.07) is 11.5. The molecule has 108 valence electrons. The number of halogens is 2. The van der Waals surface area contributed by atoms with Gasteiger partial charge in [0, 0.05) is 11.6 Å². The molecule has 0 bridgehead atoms. The van der Waals surface area contributed by atoms with Gasteiger partial charge in [-0.05, 0) is 48.7 Å². The Bertz CT molecular complexity index is 709. The van der Waals surface area contributed by atoms with Gasteiger partial charge >= 0.3 is 0 Å². The van der Waals surface area contributed by atoms with Crippen molar-refractivity contribution in [3.63, 3.8) is 0 Å². The lowest BCUT2D eigenvalue weighted by molar-refractivity contribution is 0.0716. The number of rotatable bonds is 2. The maximum atomic E-state index is 12.6. The first-order valence-corrected chi connectivity index (χ1v) is 7.58. The predicted octanol–water partition coefficient (Wildman–Crippen LogP) is 5.02. The molecule has 1 aliphatic heterocycles. The zero-order chi connectivity index (χ0) is 15.1. The van der Waals surface area contributed by atoms with Crippen LogP contribution in [-0.2, 0) is 6.54 Å². The highest BCUT2D eigenvalue weighted by atomic mass is 35.5. The second-order valence-corrected chi connectivity index (χ2v) is 6.29. The van der Waals surface area contributed by atoms with Crippen LogP contribution in [0.2, 0.25) is 10.0 Å². The number of carbonyl (C=O) groups excluding carboxylic acids is 1. The van der Waals surface area contributed by atoms with E-state index < -0.39 is 0 Å². The van der Waals surface area contributed by atoms with Gasteiger partial charge in [0.1, 0.15) is 0 Å². The second kappa shape index (κ2) is 5.36. The Hall–Kier alpha value is -1.51. The van der Waals surface area contributed by atoms with Crippen molar-refractivity contribution in [1.29, 1.82) is 0 Å². The lowest BCUT2D eigenvalue weighted by Gasteiger charge is -2.24. The average Bonchev–Trinajstić information content (AvgIpc) is 2.76. The highest BCUT2D eigenvalue weighted by molar-refractivity contribution is 6.34. The maximum Gasteiger partial charge on any atom is 0.256 e. The number of carbonyl (C=O) groups is 1. The van der Waals surface area contributed by atoms with Crippen LogP contribution in [0.3, 0.4) is 0 Å². The van der Waals surface area contributed by atoms with Gasteiger partial charge in [-0.2, -0.15) is 0 Å². The van der Waals surface area contributed by atoms with Crippen LogP contribution in [0.25, 0.3) is 0 Å². The highest BCUT2D eigenvalue weighted by Crippen LogP contribution is 2.35. The summed E-state index contributed by atoms with van der Waals surface area (Å²) in [5.74, 6) is -0.00236. The van der Waals surface area contributed by atoms with Crippen LogP contribution in [0, 0.1) is 6.92 Å². The van der Waals surface area contributed by atoms with E-state index in [1.807, 2.05) is 55.1 Å². The van der Waals surface area contributed by atoms with Crippen molar-refractivity contribution in [2.24, 2.45) is 0 Å². The number of hydrogen-bond donors (Lipinski definition) is 0. The molecular formula is C17H15Cl2NO. The molecule has 2 aromatic carbocycles. The molecule has 1 amide bonds. The minimum atomic E-state index is -0.0152. The van der Waals surface area contributed by atoms with E-state index in [2.05, 4.69) is 0 Å². The van der Waals surface area contributed by atoms with E-state index in [0.717, 1.165) is 16.7 Å². The van der Waals surface area contributed by atoms with E-state index in [0.29, 0.717) is 22.2 Å². The van der Waals surface area contributed by atoms with Crippen LogP contribution in [-0.4, -0.2) is 10.8 Å². The number of hydrogen-bond acceptors (Lipinski definition) is 1. The highest BCUT2D eigenvalue weighted by Gasteiger charge is 2.33. The molecule has 21 heavy (non-hydrogen) atoms. The Morgan fingerprint density at radius 1 is 1.14 bits per heavy atom. The van der Waals surface area contributed by atoms with Crippen LogP contribution in [0.15, 0.2) is 36.4 Å². The van der Waals surface area contributed by atoms with Gasteiger partial charge in [0.2, 0.25) is 0 Å². The van der Waals surface area contributed by atoms with Gasteiger partial charge in [0.25, 0.3) is 5.91 Å². The van der Waals surface area contributed by atoms with Crippen LogP contribution in [0.5, 0.6) is 0 Å². The molecule has 3 rings (SSSR count). The third-order valence-electron chi connectivity index (χ3n) is 3.95. The van der Waals surface area contributed by atoms with Gasteiger partial charge in [-0.15, -0.1) is 0 Å². The number of benzene rings is 2. The summed E-state index contributed by atoms with van der Waals surface area (Å²) in [5.41, 5.74) is 3.79. The SMILES string of the molecule is Cc1cc(Cl)c2c(c1)CN([C@@H](C)c1ccc(Cl)cc1)C2=O. The molecule has 0 N–H and O–H groups in total. The summed E-state index contributed by atoms with van der Waals surface area (Å²) < 4.78 is 0. The van der Waals surface area contributed by atoms with Gasteiger partial charge in [0.15, 0.2) is 0 Å². The molecule has 0 unspecified atom stereocenters. The molecule has 2 nitrogen and oxygen atoms in total. The zero-order valence-corrected chi connectivity index (χ0v) is 13.4.